The predicted octanol–water partition coefficient (Wildman–Crippen LogP) is 3.00. The topological polar surface area (TPSA) is 105 Å². The van der Waals surface area contributed by atoms with Crippen molar-refractivity contribution in [3.8, 4) is 11.5 Å². The highest BCUT2D eigenvalue weighted by Gasteiger charge is 2.34. The van der Waals surface area contributed by atoms with Crippen molar-refractivity contribution < 1.29 is 29.0 Å². The Balaban J connectivity index is 2.03. The van der Waals surface area contributed by atoms with Crippen molar-refractivity contribution in [2.24, 2.45) is 0 Å². The third-order valence-corrected chi connectivity index (χ3v) is 5.25. The molecule has 154 valence electrons. The van der Waals surface area contributed by atoms with E-state index in [-0.39, 0.29) is 16.2 Å². The van der Waals surface area contributed by atoms with Gasteiger partial charge in [-0.2, -0.15) is 0 Å². The molecule has 0 aromatic heterocycles. The van der Waals surface area contributed by atoms with E-state index in [0.717, 1.165) is 4.90 Å². The zero-order chi connectivity index (χ0) is 22.0. The number of halogens is 1. The molecule has 10 heteroatoms. The molecule has 0 unspecified atom stereocenters. The van der Waals surface area contributed by atoms with Gasteiger partial charge in [0.1, 0.15) is 5.57 Å². The van der Waals surface area contributed by atoms with Crippen LogP contribution in [0.4, 0.5) is 5.69 Å². The highest BCUT2D eigenvalue weighted by Crippen LogP contribution is 2.35. The number of rotatable bonds is 5. The predicted molar refractivity (Wildman–Crippen MR) is 117 cm³/mol. The van der Waals surface area contributed by atoms with E-state index in [0.29, 0.717) is 27.2 Å². The first kappa shape index (κ1) is 21.5. The number of carbonyl (C=O) groups is 3. The smallest absolute Gasteiger partial charge is 0.335 e. The van der Waals surface area contributed by atoms with Crippen LogP contribution in [0.5, 0.6) is 11.5 Å². The van der Waals surface area contributed by atoms with Gasteiger partial charge in [0.2, 0.25) is 0 Å². The van der Waals surface area contributed by atoms with Crippen LogP contribution < -0.4 is 19.7 Å². The van der Waals surface area contributed by atoms with Gasteiger partial charge in [-0.05, 0) is 60.3 Å². The molecule has 1 aliphatic rings. The van der Waals surface area contributed by atoms with Crippen LogP contribution in [0.1, 0.15) is 15.9 Å². The minimum Gasteiger partial charge on any atom is -0.493 e. The second-order valence-electron chi connectivity index (χ2n) is 6.04. The Labute approximate surface area is 185 Å². The largest absolute Gasteiger partial charge is 0.493 e. The van der Waals surface area contributed by atoms with Crippen molar-refractivity contribution in [2.75, 3.05) is 19.1 Å². The summed E-state index contributed by atoms with van der Waals surface area (Å²) < 4.78 is 11.1. The maximum absolute atomic E-state index is 13.1. The van der Waals surface area contributed by atoms with E-state index < -0.39 is 17.8 Å². The van der Waals surface area contributed by atoms with Crippen LogP contribution >= 0.6 is 28.1 Å². The number of anilines is 1. The van der Waals surface area contributed by atoms with Crippen molar-refractivity contribution in [3.05, 3.63) is 57.6 Å². The first-order chi connectivity index (χ1) is 14.3. The van der Waals surface area contributed by atoms with E-state index in [1.54, 1.807) is 12.1 Å². The molecule has 1 saturated heterocycles. The SMILES string of the molecule is COc1cc(Br)c(/C=C2\C(=O)NC(=S)N(c3ccc(C(=O)O)cc3)C2=O)cc1OC. The number of carboxylic acid groups (broad SMARTS) is 1. The molecule has 0 spiro atoms. The molecule has 0 aliphatic carbocycles. The van der Waals surface area contributed by atoms with Gasteiger partial charge in [-0.25, -0.2) is 4.79 Å². The number of amides is 2. The summed E-state index contributed by atoms with van der Waals surface area (Å²) in [7, 11) is 2.97. The number of hydrogen-bond donors (Lipinski definition) is 2. The van der Waals surface area contributed by atoms with E-state index in [4.69, 9.17) is 26.8 Å². The molecule has 3 rings (SSSR count). The standard InChI is InChI=1S/C20H15BrN2O6S/c1-28-15-8-11(14(21)9-16(15)29-2)7-13-17(24)22-20(30)23(18(13)25)12-5-3-10(4-6-12)19(26)27/h3-9H,1-2H3,(H,26,27)(H,22,24,30)/b13-7+. The summed E-state index contributed by atoms with van der Waals surface area (Å²) in [6.45, 7) is 0. The molecule has 2 aromatic carbocycles. The lowest BCUT2D eigenvalue weighted by atomic mass is 10.1. The van der Waals surface area contributed by atoms with Crippen LogP contribution in [-0.2, 0) is 9.59 Å². The summed E-state index contributed by atoms with van der Waals surface area (Å²) >= 11 is 8.54. The van der Waals surface area contributed by atoms with Crippen molar-refractivity contribution in [3.63, 3.8) is 0 Å². The molecule has 0 radical (unpaired) electrons. The van der Waals surface area contributed by atoms with Crippen LogP contribution in [0.3, 0.4) is 0 Å². The molecule has 1 aliphatic heterocycles. The van der Waals surface area contributed by atoms with Gasteiger partial charge < -0.3 is 14.6 Å². The van der Waals surface area contributed by atoms with Gasteiger partial charge in [-0.1, -0.05) is 15.9 Å². The van der Waals surface area contributed by atoms with Crippen LogP contribution in [0, 0.1) is 0 Å². The zero-order valence-corrected chi connectivity index (χ0v) is 18.2. The molecule has 2 N–H and O–H groups in total. The number of methoxy groups -OCH3 is 2. The number of nitrogens with one attached hydrogen (secondary N) is 1. The van der Waals surface area contributed by atoms with E-state index in [1.165, 1.54) is 44.6 Å². The number of aromatic carboxylic acids is 1. The highest BCUT2D eigenvalue weighted by atomic mass is 79.9. The number of benzene rings is 2. The summed E-state index contributed by atoms with van der Waals surface area (Å²) in [5.41, 5.74) is 0.745. The van der Waals surface area contributed by atoms with Gasteiger partial charge in [0.05, 0.1) is 25.5 Å². The van der Waals surface area contributed by atoms with Crippen molar-refractivity contribution >= 4 is 62.8 Å². The number of hydrogen-bond acceptors (Lipinski definition) is 6. The van der Waals surface area contributed by atoms with Gasteiger partial charge in [-0.15, -0.1) is 0 Å². The summed E-state index contributed by atoms with van der Waals surface area (Å²) in [4.78, 5) is 37.7. The number of nitrogens with zero attached hydrogens (tertiary/aromatic N) is 1. The Morgan fingerprint density at radius 1 is 1.13 bits per heavy atom. The number of thiocarbonyl (C=S) groups is 1. The molecule has 0 bridgehead atoms. The first-order valence-electron chi connectivity index (χ1n) is 8.43. The molecule has 0 atom stereocenters. The third-order valence-electron chi connectivity index (χ3n) is 4.28. The lowest BCUT2D eigenvalue weighted by molar-refractivity contribution is -0.122. The van der Waals surface area contributed by atoms with Crippen LogP contribution in [0.15, 0.2) is 46.4 Å². The quantitative estimate of drug-likeness (QED) is 0.377. The van der Waals surface area contributed by atoms with Crippen molar-refractivity contribution in [2.45, 2.75) is 0 Å². The van der Waals surface area contributed by atoms with Gasteiger partial charge in [0, 0.05) is 4.47 Å². The Hall–Kier alpha value is -3.24. The van der Waals surface area contributed by atoms with Crippen molar-refractivity contribution in [1.82, 2.24) is 5.32 Å². The third kappa shape index (κ3) is 4.05. The Bertz CT molecular complexity index is 1100. The minimum absolute atomic E-state index is 0.0585. The Kier molecular flexibility index (Phi) is 6.18. The fourth-order valence-electron chi connectivity index (χ4n) is 2.78. The minimum atomic E-state index is -1.10. The molecular formula is C20H15BrN2O6S. The van der Waals surface area contributed by atoms with Crippen LogP contribution in [0.2, 0.25) is 0 Å². The van der Waals surface area contributed by atoms with Gasteiger partial charge >= 0.3 is 5.97 Å². The highest BCUT2D eigenvalue weighted by molar-refractivity contribution is 9.10. The van der Waals surface area contributed by atoms with E-state index in [9.17, 15) is 14.4 Å². The fraction of sp³-hybridized carbons (Fsp3) is 0.100. The molecular weight excluding hydrogens is 476 g/mol. The molecule has 1 fully saturated rings. The average molecular weight is 491 g/mol. The molecule has 1 heterocycles. The average Bonchev–Trinajstić information content (AvgIpc) is 2.71. The van der Waals surface area contributed by atoms with E-state index in [1.807, 2.05) is 0 Å². The van der Waals surface area contributed by atoms with E-state index >= 15 is 0 Å². The van der Waals surface area contributed by atoms with E-state index in [2.05, 4.69) is 21.2 Å². The summed E-state index contributed by atoms with van der Waals surface area (Å²) in [5, 5.41) is 11.4. The molecule has 8 nitrogen and oxygen atoms in total. The zero-order valence-electron chi connectivity index (χ0n) is 15.8. The van der Waals surface area contributed by atoms with Crippen LogP contribution in [-0.4, -0.2) is 42.2 Å². The lowest BCUT2D eigenvalue weighted by Gasteiger charge is -2.29. The van der Waals surface area contributed by atoms with Gasteiger partial charge in [0.25, 0.3) is 11.8 Å². The number of carbonyl (C=O) groups excluding carboxylic acids is 2. The summed E-state index contributed by atoms with van der Waals surface area (Å²) in [5.74, 6) is -1.49. The van der Waals surface area contributed by atoms with Crippen LogP contribution in [0.25, 0.3) is 6.08 Å². The number of ether oxygens (including phenoxy) is 2. The maximum atomic E-state index is 13.1. The normalized spacial score (nSPS) is 15.2. The van der Waals surface area contributed by atoms with Gasteiger partial charge in [0.15, 0.2) is 16.6 Å². The second kappa shape index (κ2) is 8.64. The lowest BCUT2D eigenvalue weighted by Crippen LogP contribution is -2.54. The monoisotopic (exact) mass is 490 g/mol. The van der Waals surface area contributed by atoms with Gasteiger partial charge in [-0.3, -0.25) is 19.8 Å². The first-order valence-corrected chi connectivity index (χ1v) is 9.63. The molecule has 30 heavy (non-hydrogen) atoms. The summed E-state index contributed by atoms with van der Waals surface area (Å²) in [6.07, 6.45) is 1.41. The number of carboxylic acids is 1. The second-order valence-corrected chi connectivity index (χ2v) is 7.28. The fourth-order valence-corrected chi connectivity index (χ4v) is 3.50. The van der Waals surface area contributed by atoms with Crippen molar-refractivity contribution in [1.29, 1.82) is 0 Å². The molecule has 2 amide bonds. The molecule has 2 aromatic rings. The Morgan fingerprint density at radius 2 is 1.73 bits per heavy atom. The maximum Gasteiger partial charge on any atom is 0.335 e. The molecule has 0 saturated carbocycles. The Morgan fingerprint density at radius 3 is 2.30 bits per heavy atom. The summed E-state index contributed by atoms with van der Waals surface area (Å²) in [6, 6.07) is 8.85.